The van der Waals surface area contributed by atoms with E-state index in [1.54, 1.807) is 12.2 Å². The van der Waals surface area contributed by atoms with Crippen LogP contribution in [0.1, 0.15) is 0 Å². The molecule has 2 heteroatoms. The maximum atomic E-state index is 5.16. The summed E-state index contributed by atoms with van der Waals surface area (Å²) in [5.74, 6) is 0. The highest BCUT2D eigenvalue weighted by atomic mass is 35.5. The van der Waals surface area contributed by atoms with Crippen molar-refractivity contribution >= 4 is 11.6 Å². The lowest BCUT2D eigenvalue weighted by Crippen LogP contribution is -1.84. The van der Waals surface area contributed by atoms with Crippen LogP contribution < -0.4 is 0 Å². The van der Waals surface area contributed by atoms with Crippen LogP contribution in [0.25, 0.3) is 0 Å². The molecule has 0 amide bonds. The molecule has 0 aromatic rings. The van der Waals surface area contributed by atoms with Crippen LogP contribution in [0, 0.1) is 6.92 Å². The zero-order valence-electron chi connectivity index (χ0n) is 4.06. The molecule has 0 spiro atoms. The number of rotatable bonds is 3. The summed E-state index contributed by atoms with van der Waals surface area (Å²) in [6.45, 7) is 4.02. The Labute approximate surface area is 48.9 Å². The quantitative estimate of drug-likeness (QED) is 0.405. The molecule has 1 radical (unpaired) electrons. The standard InChI is InChI=1S/C5H8ClO/c1-2-3-4-7-5-6/h2-3H,1,4-5H2. The van der Waals surface area contributed by atoms with Crippen molar-refractivity contribution in [3.8, 4) is 0 Å². The van der Waals surface area contributed by atoms with Gasteiger partial charge in [0.25, 0.3) is 0 Å². The molecular weight excluding hydrogens is 112 g/mol. The molecule has 0 bridgehead atoms. The van der Waals surface area contributed by atoms with Gasteiger partial charge < -0.3 is 4.74 Å². The maximum absolute atomic E-state index is 5.16. The average molecular weight is 120 g/mol. The molecule has 0 heterocycles. The van der Waals surface area contributed by atoms with Gasteiger partial charge in [0.1, 0.15) is 6.07 Å². The second-order valence-electron chi connectivity index (χ2n) is 0.951. The molecule has 0 aromatic heterocycles. The third-order valence-corrected chi connectivity index (χ3v) is 0.612. The molecule has 1 nitrogen and oxygen atoms in total. The summed E-state index contributed by atoms with van der Waals surface area (Å²) in [6, 6.07) is 0.254. The van der Waals surface area contributed by atoms with Gasteiger partial charge in [-0.05, 0) is 6.92 Å². The van der Waals surface area contributed by atoms with E-state index in [4.69, 9.17) is 16.3 Å². The van der Waals surface area contributed by atoms with Crippen LogP contribution in [0.15, 0.2) is 12.2 Å². The fraction of sp³-hybridized carbons (Fsp3) is 0.400. The monoisotopic (exact) mass is 119 g/mol. The van der Waals surface area contributed by atoms with Crippen LogP contribution in [-0.2, 0) is 4.74 Å². The summed E-state index contributed by atoms with van der Waals surface area (Å²) in [6.07, 6.45) is 3.47. The molecule has 0 fully saturated rings. The topological polar surface area (TPSA) is 9.23 Å². The molecule has 0 aliphatic carbocycles. The number of allylic oxidation sites excluding steroid dienone is 1. The first-order chi connectivity index (χ1) is 3.41. The summed E-state index contributed by atoms with van der Waals surface area (Å²) in [5.41, 5.74) is 0. The van der Waals surface area contributed by atoms with E-state index in [0.29, 0.717) is 6.61 Å². The van der Waals surface area contributed by atoms with Crippen molar-refractivity contribution in [1.29, 1.82) is 0 Å². The predicted molar refractivity (Wildman–Crippen MR) is 31.2 cm³/mol. The zero-order valence-corrected chi connectivity index (χ0v) is 4.82. The first kappa shape index (κ1) is 6.99. The lowest BCUT2D eigenvalue weighted by Gasteiger charge is -1.87. The number of halogens is 1. The number of alkyl halides is 1. The molecule has 0 rings (SSSR count). The summed E-state index contributed by atoms with van der Waals surface area (Å²) >= 11 is 5.16. The van der Waals surface area contributed by atoms with Gasteiger partial charge in [0, 0.05) is 0 Å². The first-order valence-electron chi connectivity index (χ1n) is 1.99. The number of hydrogen-bond acceptors (Lipinski definition) is 1. The van der Waals surface area contributed by atoms with Crippen LogP contribution in [0.5, 0.6) is 0 Å². The summed E-state index contributed by atoms with van der Waals surface area (Å²) in [4.78, 5) is 0. The Hall–Kier alpha value is -0.0100. The summed E-state index contributed by atoms with van der Waals surface area (Å²) < 4.78 is 4.71. The van der Waals surface area contributed by atoms with Gasteiger partial charge in [-0.1, -0.05) is 23.8 Å². The lowest BCUT2D eigenvalue weighted by atomic mass is 10.6. The van der Waals surface area contributed by atoms with Gasteiger partial charge in [0.15, 0.2) is 0 Å². The van der Waals surface area contributed by atoms with E-state index in [0.717, 1.165) is 0 Å². The van der Waals surface area contributed by atoms with Crippen LogP contribution >= 0.6 is 11.6 Å². The second-order valence-corrected chi connectivity index (χ2v) is 1.17. The highest BCUT2D eigenvalue weighted by Gasteiger charge is 1.71. The van der Waals surface area contributed by atoms with Crippen molar-refractivity contribution in [2.24, 2.45) is 0 Å². The highest BCUT2D eigenvalue weighted by Crippen LogP contribution is 1.78. The van der Waals surface area contributed by atoms with Crippen LogP contribution in [0.4, 0.5) is 0 Å². The highest BCUT2D eigenvalue weighted by molar-refractivity contribution is 6.17. The molecule has 0 N–H and O–H groups in total. The number of hydrogen-bond donors (Lipinski definition) is 0. The van der Waals surface area contributed by atoms with Crippen LogP contribution in [0.2, 0.25) is 0 Å². The van der Waals surface area contributed by atoms with Gasteiger partial charge in [-0.2, -0.15) is 0 Å². The minimum atomic E-state index is 0.254. The van der Waals surface area contributed by atoms with Crippen molar-refractivity contribution in [3.05, 3.63) is 19.1 Å². The number of ether oxygens (including phenoxy) is 1. The third-order valence-electron chi connectivity index (χ3n) is 0.458. The van der Waals surface area contributed by atoms with Crippen molar-refractivity contribution in [1.82, 2.24) is 0 Å². The van der Waals surface area contributed by atoms with E-state index in [1.165, 1.54) is 0 Å². The predicted octanol–water partition coefficient (Wildman–Crippen LogP) is 1.59. The van der Waals surface area contributed by atoms with E-state index in [9.17, 15) is 0 Å². The molecule has 7 heavy (non-hydrogen) atoms. The van der Waals surface area contributed by atoms with E-state index in [-0.39, 0.29) is 6.07 Å². The van der Waals surface area contributed by atoms with Crippen molar-refractivity contribution < 1.29 is 4.74 Å². The molecule has 0 atom stereocenters. The second kappa shape index (κ2) is 5.99. The lowest BCUT2D eigenvalue weighted by molar-refractivity contribution is 0.212. The van der Waals surface area contributed by atoms with Crippen LogP contribution in [0.3, 0.4) is 0 Å². The molecule has 0 aromatic carbocycles. The van der Waals surface area contributed by atoms with Gasteiger partial charge in [0.2, 0.25) is 0 Å². The first-order valence-corrected chi connectivity index (χ1v) is 2.53. The fourth-order valence-electron chi connectivity index (χ4n) is 0.181. The minimum Gasteiger partial charge on any atom is -0.362 e. The molecule has 0 aliphatic rings. The average Bonchev–Trinajstić information content (AvgIpc) is 1.69. The largest absolute Gasteiger partial charge is 0.362 e. The summed E-state index contributed by atoms with van der Waals surface area (Å²) in [7, 11) is 0. The van der Waals surface area contributed by atoms with E-state index in [1.807, 2.05) is 0 Å². The smallest absolute Gasteiger partial charge is 0.121 e. The van der Waals surface area contributed by atoms with Gasteiger partial charge in [-0.15, -0.1) is 0 Å². The van der Waals surface area contributed by atoms with Gasteiger partial charge in [-0.3, -0.25) is 0 Å². The van der Waals surface area contributed by atoms with E-state index < -0.39 is 0 Å². The van der Waals surface area contributed by atoms with Crippen molar-refractivity contribution in [2.45, 2.75) is 0 Å². The maximum Gasteiger partial charge on any atom is 0.121 e. The molecule has 41 valence electrons. The van der Waals surface area contributed by atoms with Gasteiger partial charge in [-0.25, -0.2) is 0 Å². The molecule has 0 aliphatic heterocycles. The van der Waals surface area contributed by atoms with Gasteiger partial charge in [0.05, 0.1) is 6.61 Å². The minimum absolute atomic E-state index is 0.254. The molecular formula is C5H8ClO. The Bertz CT molecular complexity index is 52.0. The molecule has 0 saturated heterocycles. The Morgan fingerprint density at radius 2 is 2.43 bits per heavy atom. The summed E-state index contributed by atoms with van der Waals surface area (Å²) in [5, 5.41) is 0. The fourth-order valence-corrected chi connectivity index (χ4v) is 0.270. The van der Waals surface area contributed by atoms with Gasteiger partial charge >= 0.3 is 0 Å². The Balaban J connectivity index is 2.69. The Morgan fingerprint density at radius 3 is 2.86 bits per heavy atom. The van der Waals surface area contributed by atoms with Crippen LogP contribution in [-0.4, -0.2) is 12.7 Å². The van der Waals surface area contributed by atoms with E-state index in [2.05, 4.69) is 6.92 Å². The normalized spacial score (nSPS) is 10.6. The SMILES string of the molecule is [CH2]C=CCOCCl. The molecule has 0 saturated carbocycles. The third kappa shape index (κ3) is 5.99. The van der Waals surface area contributed by atoms with Crippen molar-refractivity contribution in [2.75, 3.05) is 12.7 Å². The zero-order chi connectivity index (χ0) is 5.54. The van der Waals surface area contributed by atoms with Crippen molar-refractivity contribution in [3.63, 3.8) is 0 Å². The van der Waals surface area contributed by atoms with E-state index >= 15 is 0 Å². The Kier molecular flexibility index (Phi) is 5.98. The Morgan fingerprint density at radius 1 is 1.71 bits per heavy atom. The molecule has 0 unspecified atom stereocenters.